The summed E-state index contributed by atoms with van der Waals surface area (Å²) in [7, 11) is 1.31. The Kier molecular flexibility index (Phi) is 7.82. The van der Waals surface area contributed by atoms with Crippen LogP contribution >= 0.6 is 11.3 Å². The summed E-state index contributed by atoms with van der Waals surface area (Å²) in [6.45, 7) is 3.76. The van der Waals surface area contributed by atoms with Crippen LogP contribution in [-0.4, -0.2) is 56.6 Å². The van der Waals surface area contributed by atoms with Gasteiger partial charge in [0.15, 0.2) is 12.4 Å². The van der Waals surface area contributed by atoms with E-state index in [1.54, 1.807) is 35.6 Å². The van der Waals surface area contributed by atoms with Crippen molar-refractivity contribution in [2.75, 3.05) is 40.0 Å². The number of likely N-dealkylation sites (tertiary alicyclic amines) is 1. The van der Waals surface area contributed by atoms with Crippen molar-refractivity contribution in [2.45, 2.75) is 12.8 Å². The second-order valence-corrected chi connectivity index (χ2v) is 9.99. The molecule has 0 aliphatic carbocycles. The lowest BCUT2D eigenvalue weighted by molar-refractivity contribution is -0.142. The minimum absolute atomic E-state index is 0.0575. The van der Waals surface area contributed by atoms with E-state index in [0.29, 0.717) is 23.5 Å². The van der Waals surface area contributed by atoms with Crippen LogP contribution in [0, 0.1) is 0 Å². The summed E-state index contributed by atoms with van der Waals surface area (Å²) >= 11 is 1.61. The highest BCUT2D eigenvalue weighted by Gasteiger charge is 2.21. The predicted molar refractivity (Wildman–Crippen MR) is 146 cm³/mol. The van der Waals surface area contributed by atoms with E-state index in [9.17, 15) is 9.59 Å². The molecule has 2 heterocycles. The highest BCUT2D eigenvalue weighted by atomic mass is 32.1. The van der Waals surface area contributed by atoms with Crippen LogP contribution in [0.1, 0.15) is 28.8 Å². The Balaban J connectivity index is 1.36. The molecule has 6 nitrogen and oxygen atoms in total. The number of hydrogen-bond donors (Lipinski definition) is 0. The standard InChI is InChI=1S/C30H29NO5S/c1-34-27(32)20-36-24-12-8-21(9-13-24)29(33)28-25-6-2-3-7-26(25)37-30(28)22-10-14-23(15-11-22)35-19-18-31-16-4-5-17-31/h2-3,6-15H,4-5,16-20H2,1H3. The van der Waals surface area contributed by atoms with Crippen molar-refractivity contribution in [3.8, 4) is 21.9 Å². The average Bonchev–Trinajstić information content (AvgIpc) is 3.60. The number of thiophene rings is 1. The number of esters is 1. The first-order valence-corrected chi connectivity index (χ1v) is 13.3. The van der Waals surface area contributed by atoms with Gasteiger partial charge in [-0.05, 0) is 86.1 Å². The molecule has 1 saturated heterocycles. The predicted octanol–water partition coefficient (Wildman–Crippen LogP) is 5.83. The number of methoxy groups -OCH3 is 1. The summed E-state index contributed by atoms with van der Waals surface area (Å²) in [5, 5.41) is 0.935. The second-order valence-electron chi connectivity index (χ2n) is 8.94. The summed E-state index contributed by atoms with van der Waals surface area (Å²) in [6.07, 6.45) is 2.55. The molecule has 1 aliphatic rings. The Labute approximate surface area is 220 Å². The van der Waals surface area contributed by atoms with Crippen LogP contribution in [0.3, 0.4) is 0 Å². The average molecular weight is 516 g/mol. The molecule has 0 radical (unpaired) electrons. The zero-order chi connectivity index (χ0) is 25.6. The van der Waals surface area contributed by atoms with Crippen molar-refractivity contribution in [3.63, 3.8) is 0 Å². The first-order chi connectivity index (χ1) is 18.1. The van der Waals surface area contributed by atoms with Gasteiger partial charge in [-0.25, -0.2) is 4.79 Å². The molecule has 0 unspecified atom stereocenters. The topological polar surface area (TPSA) is 65.1 Å². The third-order valence-electron chi connectivity index (χ3n) is 6.51. The highest BCUT2D eigenvalue weighted by Crippen LogP contribution is 2.40. The van der Waals surface area contributed by atoms with Crippen molar-refractivity contribution >= 4 is 33.2 Å². The smallest absolute Gasteiger partial charge is 0.343 e. The minimum Gasteiger partial charge on any atom is -0.492 e. The fourth-order valence-electron chi connectivity index (χ4n) is 4.52. The molecule has 0 N–H and O–H groups in total. The second kappa shape index (κ2) is 11.6. The number of carbonyl (C=O) groups is 2. The Bertz CT molecular complexity index is 1370. The van der Waals surface area contributed by atoms with Gasteiger partial charge in [0.1, 0.15) is 18.1 Å². The highest BCUT2D eigenvalue weighted by molar-refractivity contribution is 7.22. The molecule has 5 rings (SSSR count). The summed E-state index contributed by atoms with van der Waals surface area (Å²) in [6, 6.07) is 22.8. The van der Waals surface area contributed by atoms with Crippen LogP contribution in [0.5, 0.6) is 11.5 Å². The largest absolute Gasteiger partial charge is 0.492 e. The molecule has 1 aromatic heterocycles. The van der Waals surface area contributed by atoms with Crippen LogP contribution in [0.25, 0.3) is 20.5 Å². The summed E-state index contributed by atoms with van der Waals surface area (Å²) in [5.41, 5.74) is 2.22. The quantitative estimate of drug-likeness (QED) is 0.196. The van der Waals surface area contributed by atoms with Crippen LogP contribution in [0.2, 0.25) is 0 Å². The summed E-state index contributed by atoms with van der Waals surface area (Å²) in [5.74, 6) is 0.813. The van der Waals surface area contributed by atoms with Gasteiger partial charge >= 0.3 is 5.97 Å². The number of nitrogens with zero attached hydrogens (tertiary/aromatic N) is 1. The van der Waals surface area contributed by atoms with Gasteiger partial charge in [0.25, 0.3) is 0 Å². The SMILES string of the molecule is COC(=O)COc1ccc(C(=O)c2c(-c3ccc(OCCN4CCCC4)cc3)sc3ccccc23)cc1. The first kappa shape index (κ1) is 25.0. The van der Waals surface area contributed by atoms with Gasteiger partial charge in [-0.15, -0.1) is 11.3 Å². The summed E-state index contributed by atoms with van der Waals surface area (Å²) < 4.78 is 17.0. The van der Waals surface area contributed by atoms with Crippen molar-refractivity contribution in [1.82, 2.24) is 4.90 Å². The number of benzene rings is 3. The molecule has 1 aliphatic heterocycles. The molecule has 4 aromatic rings. The Morgan fingerprint density at radius 2 is 1.54 bits per heavy atom. The number of fused-ring (bicyclic) bond motifs is 1. The molecule has 0 spiro atoms. The molecule has 1 fully saturated rings. The molecule has 190 valence electrons. The number of ether oxygens (including phenoxy) is 3. The summed E-state index contributed by atoms with van der Waals surface area (Å²) in [4.78, 5) is 28.4. The Morgan fingerprint density at radius 3 is 2.27 bits per heavy atom. The van der Waals surface area contributed by atoms with E-state index < -0.39 is 5.97 Å². The van der Waals surface area contributed by atoms with E-state index in [0.717, 1.165) is 45.9 Å². The van der Waals surface area contributed by atoms with Crippen molar-refractivity contribution in [3.05, 3.63) is 83.9 Å². The third kappa shape index (κ3) is 5.84. The molecule has 0 bridgehead atoms. The molecular weight excluding hydrogens is 486 g/mol. The normalized spacial score (nSPS) is 13.5. The number of ketones is 1. The van der Waals surface area contributed by atoms with Gasteiger partial charge < -0.3 is 14.2 Å². The van der Waals surface area contributed by atoms with Gasteiger partial charge in [0, 0.05) is 32.6 Å². The van der Waals surface area contributed by atoms with Crippen molar-refractivity contribution in [2.24, 2.45) is 0 Å². The Morgan fingerprint density at radius 1 is 0.865 bits per heavy atom. The zero-order valence-corrected chi connectivity index (χ0v) is 21.6. The third-order valence-corrected chi connectivity index (χ3v) is 7.73. The van der Waals surface area contributed by atoms with Gasteiger partial charge in [-0.2, -0.15) is 0 Å². The zero-order valence-electron chi connectivity index (χ0n) is 20.8. The van der Waals surface area contributed by atoms with E-state index in [4.69, 9.17) is 9.47 Å². The molecule has 0 atom stereocenters. The molecule has 37 heavy (non-hydrogen) atoms. The van der Waals surface area contributed by atoms with Gasteiger partial charge in [0.2, 0.25) is 0 Å². The minimum atomic E-state index is -0.461. The fraction of sp³-hybridized carbons (Fsp3) is 0.267. The van der Waals surface area contributed by atoms with Crippen LogP contribution in [0.4, 0.5) is 0 Å². The van der Waals surface area contributed by atoms with E-state index >= 15 is 0 Å². The maximum atomic E-state index is 13.7. The number of rotatable bonds is 10. The molecule has 0 amide bonds. The monoisotopic (exact) mass is 515 g/mol. The lowest BCUT2D eigenvalue weighted by Gasteiger charge is -2.15. The lowest BCUT2D eigenvalue weighted by Crippen LogP contribution is -2.25. The first-order valence-electron chi connectivity index (χ1n) is 12.4. The van der Waals surface area contributed by atoms with Gasteiger partial charge in [-0.3, -0.25) is 9.69 Å². The number of carbonyl (C=O) groups excluding carboxylic acids is 2. The van der Waals surface area contributed by atoms with E-state index in [1.165, 1.54) is 20.0 Å². The Hall–Kier alpha value is -3.68. The molecule has 7 heteroatoms. The van der Waals surface area contributed by atoms with Gasteiger partial charge in [0.05, 0.1) is 7.11 Å². The van der Waals surface area contributed by atoms with Crippen molar-refractivity contribution < 1.29 is 23.8 Å². The van der Waals surface area contributed by atoms with Crippen LogP contribution in [0.15, 0.2) is 72.8 Å². The molecule has 3 aromatic carbocycles. The maximum absolute atomic E-state index is 13.7. The molecule has 0 saturated carbocycles. The van der Waals surface area contributed by atoms with Crippen LogP contribution in [-0.2, 0) is 9.53 Å². The molecular formula is C30H29NO5S. The van der Waals surface area contributed by atoms with Crippen LogP contribution < -0.4 is 9.47 Å². The van der Waals surface area contributed by atoms with E-state index in [2.05, 4.69) is 9.64 Å². The van der Waals surface area contributed by atoms with Gasteiger partial charge in [-0.1, -0.05) is 18.2 Å². The van der Waals surface area contributed by atoms with E-state index in [-0.39, 0.29) is 12.4 Å². The number of hydrogen-bond acceptors (Lipinski definition) is 7. The maximum Gasteiger partial charge on any atom is 0.343 e. The van der Waals surface area contributed by atoms with Crippen molar-refractivity contribution in [1.29, 1.82) is 0 Å². The lowest BCUT2D eigenvalue weighted by atomic mass is 9.97. The fourth-order valence-corrected chi connectivity index (χ4v) is 5.73. The van der Waals surface area contributed by atoms with E-state index in [1.807, 2.05) is 48.5 Å².